The smallest absolute Gasteiger partial charge is 0.367 e. The summed E-state index contributed by atoms with van der Waals surface area (Å²) < 4.78 is 45.4. The molecule has 0 radical (unpaired) electrons. The molecule has 0 saturated heterocycles. The number of amides is 1. The molecule has 1 aliphatic rings. The van der Waals surface area contributed by atoms with Crippen LogP contribution in [0.15, 0.2) is 78.9 Å². The summed E-state index contributed by atoms with van der Waals surface area (Å²) in [6.07, 6.45) is -5.08. The minimum absolute atomic E-state index is 0.162. The number of benzene rings is 3. The molecule has 0 saturated carbocycles. The van der Waals surface area contributed by atoms with Gasteiger partial charge in [0.25, 0.3) is 5.91 Å². The second kappa shape index (κ2) is 8.41. The molecule has 1 N–H and O–H groups in total. The number of carbonyl (C=O) groups excluding carboxylic acids is 1. The van der Waals surface area contributed by atoms with Crippen molar-refractivity contribution in [2.45, 2.75) is 18.8 Å². The van der Waals surface area contributed by atoms with Crippen molar-refractivity contribution in [1.29, 1.82) is 0 Å². The van der Waals surface area contributed by atoms with Crippen LogP contribution >= 0.6 is 0 Å². The summed E-state index contributed by atoms with van der Waals surface area (Å²) in [6, 6.07) is 22.1. The predicted octanol–water partition coefficient (Wildman–Crippen LogP) is 5.95. The average molecular weight is 450 g/mol. The van der Waals surface area contributed by atoms with Gasteiger partial charge in [-0.1, -0.05) is 60.7 Å². The third-order valence-corrected chi connectivity index (χ3v) is 5.91. The maximum atomic E-state index is 13.6. The van der Waals surface area contributed by atoms with E-state index in [2.05, 4.69) is 4.98 Å². The van der Waals surface area contributed by atoms with Crippen LogP contribution < -0.4 is 0 Å². The van der Waals surface area contributed by atoms with E-state index in [9.17, 15) is 18.0 Å². The second-order valence-corrected chi connectivity index (χ2v) is 8.04. The Bertz CT molecular complexity index is 1280. The fourth-order valence-electron chi connectivity index (χ4n) is 4.29. The Hall–Kier alpha value is -3.58. The molecule has 0 aliphatic carbocycles. The summed E-state index contributed by atoms with van der Waals surface area (Å²) >= 11 is 0. The summed E-state index contributed by atoms with van der Waals surface area (Å²) in [6.45, 7) is 1.05. The molecule has 0 fully saturated rings. The monoisotopic (exact) mass is 450 g/mol. The molecule has 33 heavy (non-hydrogen) atoms. The van der Waals surface area contributed by atoms with Gasteiger partial charge in [0.1, 0.15) is 11.8 Å². The van der Waals surface area contributed by atoms with Gasteiger partial charge in [-0.05, 0) is 29.3 Å². The van der Waals surface area contributed by atoms with Crippen LogP contribution in [0.1, 0.15) is 38.8 Å². The first-order chi connectivity index (χ1) is 15.9. The zero-order valence-electron chi connectivity index (χ0n) is 17.6. The first-order valence-electron chi connectivity index (χ1n) is 10.6. The van der Waals surface area contributed by atoms with E-state index in [1.54, 1.807) is 4.90 Å². The van der Waals surface area contributed by atoms with Crippen molar-refractivity contribution < 1.29 is 22.7 Å². The molecule has 0 spiro atoms. The first kappa shape index (κ1) is 21.3. The Morgan fingerprint density at radius 2 is 1.64 bits per heavy atom. The number of alkyl halides is 3. The molecule has 1 aromatic heterocycles. The predicted molar refractivity (Wildman–Crippen MR) is 119 cm³/mol. The number of nitrogens with zero attached hydrogens (tertiary/aromatic N) is 1. The summed E-state index contributed by atoms with van der Waals surface area (Å²) in [5.74, 6) is -0.162. The number of carbonyl (C=O) groups is 1. The standard InChI is InChI=1S/C26H21F3N2O2/c27-26(28,29)19-12-10-18(11-13-19)24-22-20-8-4-5-9-21(20)30-23(22)25(32)31(14-15-33-24)16-17-6-2-1-3-7-17/h1-13,24,30H,14-16H2/t24-/m1/s1. The lowest BCUT2D eigenvalue weighted by atomic mass is 9.96. The molecule has 168 valence electrons. The number of fused-ring (bicyclic) bond motifs is 3. The molecular formula is C26H21F3N2O2. The summed E-state index contributed by atoms with van der Waals surface area (Å²) in [5.41, 5.74) is 2.67. The molecule has 4 aromatic rings. The highest BCUT2D eigenvalue weighted by Crippen LogP contribution is 2.38. The van der Waals surface area contributed by atoms with Gasteiger partial charge >= 0.3 is 6.18 Å². The minimum Gasteiger partial charge on any atom is -0.367 e. The third kappa shape index (κ3) is 4.12. The van der Waals surface area contributed by atoms with Crippen LogP contribution in [-0.2, 0) is 17.5 Å². The lowest BCUT2D eigenvalue weighted by Gasteiger charge is -2.29. The number of halogens is 3. The maximum absolute atomic E-state index is 13.6. The van der Waals surface area contributed by atoms with E-state index in [0.717, 1.165) is 28.6 Å². The average Bonchev–Trinajstić information content (AvgIpc) is 3.19. The van der Waals surface area contributed by atoms with Gasteiger partial charge in [0.05, 0.1) is 12.2 Å². The fraction of sp³-hybridized carbons (Fsp3) is 0.192. The van der Waals surface area contributed by atoms with Gasteiger partial charge in [-0.25, -0.2) is 0 Å². The zero-order chi connectivity index (χ0) is 23.0. The van der Waals surface area contributed by atoms with E-state index in [1.165, 1.54) is 12.1 Å². The van der Waals surface area contributed by atoms with Gasteiger partial charge in [-0.3, -0.25) is 4.79 Å². The Balaban J connectivity index is 1.58. The number of para-hydroxylation sites is 1. The van der Waals surface area contributed by atoms with E-state index >= 15 is 0 Å². The van der Waals surface area contributed by atoms with Crippen molar-refractivity contribution in [1.82, 2.24) is 9.88 Å². The Morgan fingerprint density at radius 3 is 2.36 bits per heavy atom. The highest BCUT2D eigenvalue weighted by Gasteiger charge is 2.33. The van der Waals surface area contributed by atoms with E-state index in [0.29, 0.717) is 29.9 Å². The van der Waals surface area contributed by atoms with Crippen molar-refractivity contribution in [3.63, 3.8) is 0 Å². The normalized spacial score (nSPS) is 17.0. The number of nitrogens with one attached hydrogen (secondary N) is 1. The van der Waals surface area contributed by atoms with Gasteiger partial charge in [-0.15, -0.1) is 0 Å². The van der Waals surface area contributed by atoms with Crippen LogP contribution in [-0.4, -0.2) is 28.9 Å². The van der Waals surface area contributed by atoms with E-state index in [4.69, 9.17) is 4.74 Å². The Morgan fingerprint density at radius 1 is 0.939 bits per heavy atom. The molecular weight excluding hydrogens is 429 g/mol. The number of hydrogen-bond donors (Lipinski definition) is 1. The molecule has 0 unspecified atom stereocenters. The van der Waals surface area contributed by atoms with Crippen molar-refractivity contribution >= 4 is 16.8 Å². The quantitative estimate of drug-likeness (QED) is 0.419. The van der Waals surface area contributed by atoms with Crippen LogP contribution in [0.2, 0.25) is 0 Å². The number of ether oxygens (including phenoxy) is 1. The van der Waals surface area contributed by atoms with E-state index < -0.39 is 17.8 Å². The number of H-pyrrole nitrogens is 1. The van der Waals surface area contributed by atoms with Crippen LogP contribution in [0.25, 0.3) is 10.9 Å². The van der Waals surface area contributed by atoms with Crippen molar-refractivity contribution in [2.75, 3.05) is 13.2 Å². The summed E-state index contributed by atoms with van der Waals surface area (Å²) in [5, 5.41) is 0.812. The van der Waals surface area contributed by atoms with Gasteiger partial charge < -0.3 is 14.6 Å². The molecule has 0 bridgehead atoms. The molecule has 1 aliphatic heterocycles. The first-order valence-corrected chi connectivity index (χ1v) is 10.6. The van der Waals surface area contributed by atoms with Gasteiger partial charge in [-0.2, -0.15) is 13.2 Å². The summed E-state index contributed by atoms with van der Waals surface area (Å²) in [7, 11) is 0. The fourth-order valence-corrected chi connectivity index (χ4v) is 4.29. The van der Waals surface area contributed by atoms with Crippen LogP contribution in [0, 0.1) is 0 Å². The number of rotatable bonds is 3. The largest absolute Gasteiger partial charge is 0.416 e. The number of aromatic amines is 1. The maximum Gasteiger partial charge on any atom is 0.416 e. The van der Waals surface area contributed by atoms with Crippen LogP contribution in [0.5, 0.6) is 0 Å². The number of hydrogen-bond acceptors (Lipinski definition) is 2. The topological polar surface area (TPSA) is 45.3 Å². The second-order valence-electron chi connectivity index (χ2n) is 8.04. The lowest BCUT2D eigenvalue weighted by Crippen LogP contribution is -2.36. The SMILES string of the molecule is O=C1c2[nH]c3ccccc3c2[C@@H](c2ccc(C(F)(F)F)cc2)OCCN1Cc1ccccc1. The van der Waals surface area contributed by atoms with Gasteiger partial charge in [0.15, 0.2) is 0 Å². The van der Waals surface area contributed by atoms with Crippen molar-refractivity contribution in [2.24, 2.45) is 0 Å². The van der Waals surface area contributed by atoms with Crippen molar-refractivity contribution in [3.05, 3.63) is 107 Å². The molecule has 1 amide bonds. The van der Waals surface area contributed by atoms with Crippen molar-refractivity contribution in [3.8, 4) is 0 Å². The summed E-state index contributed by atoms with van der Waals surface area (Å²) in [4.78, 5) is 18.6. The van der Waals surface area contributed by atoms with E-state index in [-0.39, 0.29) is 12.5 Å². The minimum atomic E-state index is -4.42. The molecule has 2 heterocycles. The Kier molecular flexibility index (Phi) is 5.42. The molecule has 1 atom stereocenters. The zero-order valence-corrected chi connectivity index (χ0v) is 17.6. The molecule has 4 nitrogen and oxygen atoms in total. The lowest BCUT2D eigenvalue weighted by molar-refractivity contribution is -0.137. The molecule has 5 rings (SSSR count). The van der Waals surface area contributed by atoms with Gasteiger partial charge in [0.2, 0.25) is 0 Å². The van der Waals surface area contributed by atoms with E-state index in [1.807, 2.05) is 54.6 Å². The highest BCUT2D eigenvalue weighted by atomic mass is 19.4. The molecule has 7 heteroatoms. The van der Waals surface area contributed by atoms with Crippen LogP contribution in [0.4, 0.5) is 13.2 Å². The van der Waals surface area contributed by atoms with Gasteiger partial charge in [0, 0.05) is 29.6 Å². The molecule has 3 aromatic carbocycles. The highest BCUT2D eigenvalue weighted by molar-refractivity contribution is 6.01. The third-order valence-electron chi connectivity index (χ3n) is 5.91. The van der Waals surface area contributed by atoms with Crippen LogP contribution in [0.3, 0.4) is 0 Å². The Labute approximate surface area is 188 Å². The number of aromatic nitrogens is 1.